The third kappa shape index (κ3) is 3.48. The molecule has 1 aromatic heterocycles. The van der Waals surface area contributed by atoms with E-state index in [1.165, 1.54) is 5.56 Å². The normalized spacial score (nSPS) is 11.9. The number of hydrogen-bond donors (Lipinski definition) is 2. The van der Waals surface area contributed by atoms with Crippen LogP contribution in [0.5, 0.6) is 0 Å². The molecule has 3 aromatic rings. The molecule has 4 nitrogen and oxygen atoms in total. The molecule has 0 aliphatic heterocycles. The van der Waals surface area contributed by atoms with Gasteiger partial charge in [-0.05, 0) is 37.1 Å². The van der Waals surface area contributed by atoms with Gasteiger partial charge in [0.1, 0.15) is 12.1 Å². The van der Waals surface area contributed by atoms with Crippen molar-refractivity contribution in [3.05, 3.63) is 72.1 Å². The molecule has 0 amide bonds. The SMILES string of the molecule is Cc1cc(-c2cc(NC(C)c3ccccc3)ncn2)ccc1N. The highest BCUT2D eigenvalue weighted by Gasteiger charge is 2.08. The maximum Gasteiger partial charge on any atom is 0.130 e. The molecule has 0 aliphatic rings. The molecule has 0 saturated heterocycles. The van der Waals surface area contributed by atoms with Crippen molar-refractivity contribution in [2.75, 3.05) is 11.1 Å². The minimum atomic E-state index is 0.173. The Labute approximate surface area is 136 Å². The second-order valence-corrected chi connectivity index (χ2v) is 5.64. The first-order valence-electron chi connectivity index (χ1n) is 7.63. The lowest BCUT2D eigenvalue weighted by molar-refractivity contribution is 0.872. The number of nitrogens with zero attached hydrogens (tertiary/aromatic N) is 2. The van der Waals surface area contributed by atoms with Crippen molar-refractivity contribution in [1.29, 1.82) is 0 Å². The van der Waals surface area contributed by atoms with Gasteiger partial charge in [-0.25, -0.2) is 9.97 Å². The minimum absolute atomic E-state index is 0.173. The Morgan fingerprint density at radius 3 is 2.52 bits per heavy atom. The van der Waals surface area contributed by atoms with Crippen LogP contribution in [0.2, 0.25) is 0 Å². The fourth-order valence-electron chi connectivity index (χ4n) is 2.48. The van der Waals surface area contributed by atoms with Gasteiger partial charge in [-0.2, -0.15) is 0 Å². The van der Waals surface area contributed by atoms with Crippen LogP contribution in [0.4, 0.5) is 11.5 Å². The van der Waals surface area contributed by atoms with Crippen molar-refractivity contribution in [1.82, 2.24) is 9.97 Å². The third-order valence-corrected chi connectivity index (χ3v) is 3.90. The fraction of sp³-hybridized carbons (Fsp3) is 0.158. The maximum absolute atomic E-state index is 5.88. The summed E-state index contributed by atoms with van der Waals surface area (Å²) in [6, 6.07) is 18.4. The van der Waals surface area contributed by atoms with E-state index in [0.717, 1.165) is 28.3 Å². The van der Waals surface area contributed by atoms with Gasteiger partial charge in [-0.1, -0.05) is 36.4 Å². The summed E-state index contributed by atoms with van der Waals surface area (Å²) in [5, 5.41) is 3.42. The third-order valence-electron chi connectivity index (χ3n) is 3.90. The number of benzene rings is 2. The zero-order chi connectivity index (χ0) is 16.2. The summed E-state index contributed by atoms with van der Waals surface area (Å²) in [4.78, 5) is 8.69. The first kappa shape index (κ1) is 15.0. The van der Waals surface area contributed by atoms with E-state index < -0.39 is 0 Å². The lowest BCUT2D eigenvalue weighted by Gasteiger charge is -2.15. The molecular formula is C19H20N4. The molecule has 1 unspecified atom stereocenters. The van der Waals surface area contributed by atoms with Crippen LogP contribution in [0.3, 0.4) is 0 Å². The van der Waals surface area contributed by atoms with E-state index in [-0.39, 0.29) is 6.04 Å². The standard InChI is InChI=1S/C19H20N4/c1-13-10-16(8-9-17(13)20)18-11-19(22-12-21-18)23-14(2)15-6-4-3-5-7-15/h3-12,14H,20H2,1-2H3,(H,21,22,23). The number of nitrogens with one attached hydrogen (secondary N) is 1. The number of nitrogens with two attached hydrogens (primary N) is 1. The smallest absolute Gasteiger partial charge is 0.130 e. The second kappa shape index (κ2) is 6.48. The summed E-state index contributed by atoms with van der Waals surface area (Å²) < 4.78 is 0. The van der Waals surface area contributed by atoms with Crippen LogP contribution in [0, 0.1) is 6.92 Å². The van der Waals surface area contributed by atoms with Crippen molar-refractivity contribution in [2.24, 2.45) is 0 Å². The minimum Gasteiger partial charge on any atom is -0.399 e. The monoisotopic (exact) mass is 304 g/mol. The van der Waals surface area contributed by atoms with Gasteiger partial charge in [0.05, 0.1) is 5.69 Å². The second-order valence-electron chi connectivity index (χ2n) is 5.64. The molecular weight excluding hydrogens is 284 g/mol. The molecule has 1 heterocycles. The molecule has 0 bridgehead atoms. The molecule has 116 valence electrons. The van der Waals surface area contributed by atoms with Crippen LogP contribution < -0.4 is 11.1 Å². The first-order chi connectivity index (χ1) is 11.1. The van der Waals surface area contributed by atoms with Crippen molar-refractivity contribution in [3.8, 4) is 11.3 Å². The molecule has 0 fully saturated rings. The summed E-state index contributed by atoms with van der Waals surface area (Å²) in [6.07, 6.45) is 1.58. The zero-order valence-electron chi connectivity index (χ0n) is 13.3. The molecule has 4 heteroatoms. The predicted octanol–water partition coefficient (Wildman–Crippen LogP) is 4.21. The van der Waals surface area contributed by atoms with Crippen LogP contribution in [0.15, 0.2) is 60.9 Å². The van der Waals surface area contributed by atoms with E-state index in [2.05, 4.69) is 34.3 Å². The highest BCUT2D eigenvalue weighted by atomic mass is 15.0. The zero-order valence-corrected chi connectivity index (χ0v) is 13.3. The number of rotatable bonds is 4. The lowest BCUT2D eigenvalue weighted by Crippen LogP contribution is -2.08. The van der Waals surface area contributed by atoms with Gasteiger partial charge in [0, 0.05) is 23.4 Å². The quantitative estimate of drug-likeness (QED) is 0.709. The van der Waals surface area contributed by atoms with Gasteiger partial charge in [0.25, 0.3) is 0 Å². The van der Waals surface area contributed by atoms with Crippen LogP contribution in [0.25, 0.3) is 11.3 Å². The fourth-order valence-corrected chi connectivity index (χ4v) is 2.48. The molecule has 0 saturated carbocycles. The average Bonchev–Trinajstić information content (AvgIpc) is 2.58. The molecule has 0 spiro atoms. The Hall–Kier alpha value is -2.88. The van der Waals surface area contributed by atoms with Gasteiger partial charge < -0.3 is 11.1 Å². The van der Waals surface area contributed by atoms with Crippen LogP contribution in [0.1, 0.15) is 24.1 Å². The van der Waals surface area contributed by atoms with Gasteiger partial charge in [-0.15, -0.1) is 0 Å². The first-order valence-corrected chi connectivity index (χ1v) is 7.63. The number of aryl methyl sites for hydroxylation is 1. The summed E-state index contributed by atoms with van der Waals surface area (Å²) >= 11 is 0. The Morgan fingerprint density at radius 2 is 1.78 bits per heavy atom. The van der Waals surface area contributed by atoms with Crippen LogP contribution in [-0.2, 0) is 0 Å². The average molecular weight is 304 g/mol. The molecule has 0 radical (unpaired) electrons. The molecule has 0 aliphatic carbocycles. The van der Waals surface area contributed by atoms with Gasteiger partial charge in [-0.3, -0.25) is 0 Å². The Balaban J connectivity index is 1.84. The molecule has 1 atom stereocenters. The number of nitrogen functional groups attached to an aromatic ring is 1. The Kier molecular flexibility index (Phi) is 4.24. The van der Waals surface area contributed by atoms with E-state index in [9.17, 15) is 0 Å². The molecule has 2 aromatic carbocycles. The van der Waals surface area contributed by atoms with Gasteiger partial charge in [0.2, 0.25) is 0 Å². The highest BCUT2D eigenvalue weighted by Crippen LogP contribution is 2.24. The van der Waals surface area contributed by atoms with E-state index in [1.807, 2.05) is 49.4 Å². The van der Waals surface area contributed by atoms with E-state index in [4.69, 9.17) is 5.73 Å². The number of anilines is 2. The van der Waals surface area contributed by atoms with Crippen LogP contribution >= 0.6 is 0 Å². The number of aromatic nitrogens is 2. The summed E-state index contributed by atoms with van der Waals surface area (Å²) in [7, 11) is 0. The lowest BCUT2D eigenvalue weighted by atomic mass is 10.1. The Morgan fingerprint density at radius 1 is 1.00 bits per heavy atom. The predicted molar refractivity (Wildman–Crippen MR) is 95.1 cm³/mol. The van der Waals surface area contributed by atoms with E-state index >= 15 is 0 Å². The van der Waals surface area contributed by atoms with E-state index in [0.29, 0.717) is 0 Å². The van der Waals surface area contributed by atoms with Gasteiger partial charge in [0.15, 0.2) is 0 Å². The highest BCUT2D eigenvalue weighted by molar-refractivity contribution is 5.66. The summed E-state index contributed by atoms with van der Waals surface area (Å²) in [5.74, 6) is 0.806. The Bertz CT molecular complexity index is 799. The van der Waals surface area contributed by atoms with Crippen molar-refractivity contribution >= 4 is 11.5 Å². The maximum atomic E-state index is 5.88. The topological polar surface area (TPSA) is 63.8 Å². The van der Waals surface area contributed by atoms with Crippen molar-refractivity contribution in [3.63, 3.8) is 0 Å². The summed E-state index contributed by atoms with van der Waals surface area (Å²) in [6.45, 7) is 4.11. The van der Waals surface area contributed by atoms with Crippen molar-refractivity contribution in [2.45, 2.75) is 19.9 Å². The largest absolute Gasteiger partial charge is 0.399 e. The van der Waals surface area contributed by atoms with E-state index in [1.54, 1.807) is 6.33 Å². The molecule has 3 rings (SSSR count). The number of hydrogen-bond acceptors (Lipinski definition) is 4. The van der Waals surface area contributed by atoms with Crippen LogP contribution in [-0.4, -0.2) is 9.97 Å². The molecule has 23 heavy (non-hydrogen) atoms. The summed E-state index contributed by atoms with van der Waals surface area (Å²) in [5.41, 5.74) is 10.9. The molecule has 3 N–H and O–H groups in total. The van der Waals surface area contributed by atoms with Crippen molar-refractivity contribution < 1.29 is 0 Å². The van der Waals surface area contributed by atoms with Gasteiger partial charge >= 0.3 is 0 Å².